The molecule has 1 rings (SSSR count). The van der Waals surface area contributed by atoms with Crippen molar-refractivity contribution in [1.82, 2.24) is 4.90 Å². The van der Waals surface area contributed by atoms with Crippen LogP contribution >= 0.6 is 0 Å². The average molecular weight is 257 g/mol. The second-order valence-electron chi connectivity index (χ2n) is 5.18. The number of rotatable bonds is 8. The highest BCUT2D eigenvalue weighted by atomic mass is 16.5. The minimum atomic E-state index is 0.259. The summed E-state index contributed by atoms with van der Waals surface area (Å²) in [5.74, 6) is 0.269. The van der Waals surface area contributed by atoms with Crippen LogP contribution in [-0.2, 0) is 14.3 Å². The number of methoxy groups -OCH3 is 1. The van der Waals surface area contributed by atoms with E-state index in [9.17, 15) is 4.79 Å². The molecule has 0 saturated carbocycles. The Hall–Kier alpha value is -0.450. The number of Topliss-reactive ketones (excluding diaryl/α,β-unsaturated/α-hetero) is 1. The summed E-state index contributed by atoms with van der Waals surface area (Å²) < 4.78 is 11.2. The van der Waals surface area contributed by atoms with Gasteiger partial charge in [0.15, 0.2) is 0 Å². The molecule has 0 aromatic rings. The summed E-state index contributed by atoms with van der Waals surface area (Å²) in [5, 5.41) is 0. The van der Waals surface area contributed by atoms with Crippen molar-refractivity contribution in [3.05, 3.63) is 0 Å². The fourth-order valence-electron chi connectivity index (χ4n) is 2.53. The Kier molecular flexibility index (Phi) is 6.82. The summed E-state index contributed by atoms with van der Waals surface area (Å²) >= 11 is 0. The third-order valence-electron chi connectivity index (χ3n) is 3.70. The fraction of sp³-hybridized carbons (Fsp3) is 0.929. The van der Waals surface area contributed by atoms with Crippen molar-refractivity contribution in [3.8, 4) is 0 Å². The number of ketones is 1. The zero-order valence-corrected chi connectivity index (χ0v) is 12.1. The van der Waals surface area contributed by atoms with Crippen molar-refractivity contribution in [2.75, 3.05) is 26.9 Å². The average Bonchev–Trinajstić information content (AvgIpc) is 2.77. The number of hydrogen-bond acceptors (Lipinski definition) is 4. The number of likely N-dealkylation sites (tertiary alicyclic amines) is 1. The van der Waals surface area contributed by atoms with Gasteiger partial charge in [-0.05, 0) is 20.3 Å². The number of hydrogen-bond donors (Lipinski definition) is 0. The summed E-state index contributed by atoms with van der Waals surface area (Å²) in [7, 11) is 1.77. The third kappa shape index (κ3) is 4.34. The molecule has 18 heavy (non-hydrogen) atoms. The zero-order chi connectivity index (χ0) is 13.5. The lowest BCUT2D eigenvalue weighted by atomic mass is 10.1. The number of ether oxygens (including phenoxy) is 2. The maximum atomic E-state index is 11.2. The normalized spacial score (nSPS) is 24.9. The van der Waals surface area contributed by atoms with Crippen LogP contribution in [0.15, 0.2) is 0 Å². The van der Waals surface area contributed by atoms with Gasteiger partial charge >= 0.3 is 0 Å². The van der Waals surface area contributed by atoms with E-state index in [2.05, 4.69) is 18.7 Å². The quantitative estimate of drug-likeness (QED) is 0.622. The van der Waals surface area contributed by atoms with Crippen molar-refractivity contribution < 1.29 is 14.3 Å². The molecule has 0 radical (unpaired) electrons. The Morgan fingerprint density at radius 1 is 1.44 bits per heavy atom. The Bertz CT molecular complexity index is 255. The lowest BCUT2D eigenvalue weighted by Crippen LogP contribution is -2.43. The molecule has 1 fully saturated rings. The molecule has 0 N–H and O–H groups in total. The minimum absolute atomic E-state index is 0.259. The van der Waals surface area contributed by atoms with Crippen molar-refractivity contribution >= 4 is 5.78 Å². The monoisotopic (exact) mass is 257 g/mol. The Morgan fingerprint density at radius 2 is 2.17 bits per heavy atom. The van der Waals surface area contributed by atoms with Crippen LogP contribution in [0.3, 0.4) is 0 Å². The number of carbonyl (C=O) groups excluding carboxylic acids is 1. The third-order valence-corrected chi connectivity index (χ3v) is 3.70. The first-order valence-electron chi connectivity index (χ1n) is 6.98. The Labute approximate surface area is 111 Å². The molecule has 0 spiro atoms. The maximum Gasteiger partial charge on any atom is 0.134 e. The van der Waals surface area contributed by atoms with Gasteiger partial charge in [-0.15, -0.1) is 0 Å². The Balaban J connectivity index is 2.34. The fourth-order valence-corrected chi connectivity index (χ4v) is 2.53. The van der Waals surface area contributed by atoms with Crippen molar-refractivity contribution in [3.63, 3.8) is 0 Å². The van der Waals surface area contributed by atoms with Crippen LogP contribution in [0.1, 0.15) is 40.0 Å². The van der Waals surface area contributed by atoms with Crippen molar-refractivity contribution in [2.24, 2.45) is 0 Å². The smallest absolute Gasteiger partial charge is 0.134 e. The van der Waals surface area contributed by atoms with E-state index in [1.165, 1.54) is 0 Å². The van der Waals surface area contributed by atoms with Crippen LogP contribution in [0.2, 0.25) is 0 Å². The van der Waals surface area contributed by atoms with Crippen LogP contribution in [0.25, 0.3) is 0 Å². The summed E-state index contributed by atoms with van der Waals surface area (Å²) in [6.07, 6.45) is 2.46. The lowest BCUT2D eigenvalue weighted by molar-refractivity contribution is -0.120. The van der Waals surface area contributed by atoms with E-state index in [0.29, 0.717) is 38.1 Å². The molecule has 0 unspecified atom stereocenters. The molecule has 4 heteroatoms. The standard InChI is InChI=1S/C14H27NO3/c1-5-12(16)7-9-18-10-13-14(17-4)6-8-15(13)11(2)3/h11,13-14H,5-10H2,1-4H3/t13-,14+/m1/s1. The van der Waals surface area contributed by atoms with Crippen LogP contribution < -0.4 is 0 Å². The molecule has 0 aromatic carbocycles. The first kappa shape index (κ1) is 15.6. The summed E-state index contributed by atoms with van der Waals surface area (Å²) in [4.78, 5) is 13.6. The molecule has 106 valence electrons. The lowest BCUT2D eigenvalue weighted by Gasteiger charge is -2.30. The molecular formula is C14H27NO3. The van der Waals surface area contributed by atoms with E-state index < -0.39 is 0 Å². The Morgan fingerprint density at radius 3 is 2.72 bits per heavy atom. The summed E-state index contributed by atoms with van der Waals surface area (Å²) in [6.45, 7) is 8.55. The number of nitrogens with zero attached hydrogens (tertiary/aromatic N) is 1. The number of carbonyl (C=O) groups is 1. The van der Waals surface area contributed by atoms with Gasteiger partial charge < -0.3 is 9.47 Å². The van der Waals surface area contributed by atoms with Gasteiger partial charge in [0, 0.05) is 32.5 Å². The van der Waals surface area contributed by atoms with Gasteiger partial charge in [-0.3, -0.25) is 9.69 Å². The molecule has 0 amide bonds. The highest BCUT2D eigenvalue weighted by Crippen LogP contribution is 2.23. The predicted molar refractivity (Wildman–Crippen MR) is 71.8 cm³/mol. The molecule has 1 saturated heterocycles. The second-order valence-corrected chi connectivity index (χ2v) is 5.18. The predicted octanol–water partition coefficient (Wildman–Crippen LogP) is 1.87. The van der Waals surface area contributed by atoms with Crippen LogP contribution in [0.5, 0.6) is 0 Å². The zero-order valence-electron chi connectivity index (χ0n) is 12.1. The first-order valence-corrected chi connectivity index (χ1v) is 6.98. The van der Waals surface area contributed by atoms with E-state index in [1.807, 2.05) is 6.92 Å². The van der Waals surface area contributed by atoms with E-state index >= 15 is 0 Å². The summed E-state index contributed by atoms with van der Waals surface area (Å²) in [5.41, 5.74) is 0. The van der Waals surface area contributed by atoms with Gasteiger partial charge in [0.05, 0.1) is 25.4 Å². The van der Waals surface area contributed by atoms with Gasteiger partial charge in [-0.2, -0.15) is 0 Å². The molecule has 1 aliphatic rings. The minimum Gasteiger partial charge on any atom is -0.380 e. The summed E-state index contributed by atoms with van der Waals surface area (Å²) in [6, 6.07) is 0.836. The van der Waals surface area contributed by atoms with Gasteiger partial charge in [-0.1, -0.05) is 6.92 Å². The molecule has 1 heterocycles. The van der Waals surface area contributed by atoms with Gasteiger partial charge in [0.1, 0.15) is 5.78 Å². The highest BCUT2D eigenvalue weighted by Gasteiger charge is 2.35. The van der Waals surface area contributed by atoms with Crippen LogP contribution in [0, 0.1) is 0 Å². The van der Waals surface area contributed by atoms with E-state index in [-0.39, 0.29) is 11.9 Å². The van der Waals surface area contributed by atoms with Gasteiger partial charge in [0.25, 0.3) is 0 Å². The molecule has 4 nitrogen and oxygen atoms in total. The molecular weight excluding hydrogens is 230 g/mol. The van der Waals surface area contributed by atoms with Crippen molar-refractivity contribution in [2.45, 2.75) is 58.2 Å². The highest BCUT2D eigenvalue weighted by molar-refractivity contribution is 5.78. The van der Waals surface area contributed by atoms with Crippen LogP contribution in [0.4, 0.5) is 0 Å². The molecule has 0 aromatic heterocycles. The van der Waals surface area contributed by atoms with Gasteiger partial charge in [0.2, 0.25) is 0 Å². The van der Waals surface area contributed by atoms with Crippen LogP contribution in [-0.4, -0.2) is 55.7 Å². The largest absolute Gasteiger partial charge is 0.380 e. The van der Waals surface area contributed by atoms with E-state index in [1.54, 1.807) is 7.11 Å². The first-order chi connectivity index (χ1) is 8.60. The van der Waals surface area contributed by atoms with E-state index in [0.717, 1.165) is 13.0 Å². The van der Waals surface area contributed by atoms with Gasteiger partial charge in [-0.25, -0.2) is 0 Å². The topological polar surface area (TPSA) is 38.8 Å². The molecule has 2 atom stereocenters. The van der Waals surface area contributed by atoms with E-state index in [4.69, 9.17) is 9.47 Å². The second kappa shape index (κ2) is 7.87. The maximum absolute atomic E-state index is 11.2. The molecule has 0 bridgehead atoms. The SMILES string of the molecule is CCC(=O)CCOC[C@@H]1[C@@H](OC)CCN1C(C)C. The molecule has 1 aliphatic heterocycles. The molecule has 0 aliphatic carbocycles. The van der Waals surface area contributed by atoms with Crippen molar-refractivity contribution in [1.29, 1.82) is 0 Å².